The Labute approximate surface area is 234 Å². The molecule has 6 heteroatoms. The van der Waals surface area contributed by atoms with Crippen LogP contribution < -0.4 is 0 Å². The number of allylic oxidation sites excluding steroid dienone is 2. The summed E-state index contributed by atoms with van der Waals surface area (Å²) in [6, 6.07) is 10.6. The van der Waals surface area contributed by atoms with E-state index in [1.54, 1.807) is 0 Å². The maximum absolute atomic E-state index is 12.6. The van der Waals surface area contributed by atoms with E-state index in [0.717, 1.165) is 83.8 Å². The Morgan fingerprint density at radius 2 is 1.74 bits per heavy atom. The second kappa shape index (κ2) is 15.1. The van der Waals surface area contributed by atoms with Gasteiger partial charge in [0.05, 0.1) is 12.2 Å². The van der Waals surface area contributed by atoms with E-state index in [9.17, 15) is 4.79 Å². The zero-order chi connectivity index (χ0) is 26.7. The predicted octanol–water partition coefficient (Wildman–Crippen LogP) is 6.68. The lowest BCUT2D eigenvalue weighted by Crippen LogP contribution is -2.31. The van der Waals surface area contributed by atoms with Gasteiger partial charge in [-0.3, -0.25) is 4.79 Å². The minimum Gasteiger partial charge on any atom is -0.462 e. The summed E-state index contributed by atoms with van der Waals surface area (Å²) in [6.07, 6.45) is 20.4. The monoisotopic (exact) mass is 538 g/mol. The summed E-state index contributed by atoms with van der Waals surface area (Å²) in [6.45, 7) is 1.51. The lowest BCUT2D eigenvalue weighted by atomic mass is 9.89. The topological polar surface area (TPSA) is 63.2 Å². The fourth-order valence-electron chi connectivity index (χ4n) is 6.35. The number of benzene rings is 1. The molecule has 1 aromatic rings. The Morgan fingerprint density at radius 1 is 0.949 bits per heavy atom. The molecule has 214 valence electrons. The summed E-state index contributed by atoms with van der Waals surface area (Å²) in [5, 5.41) is 0. The van der Waals surface area contributed by atoms with Crippen LogP contribution >= 0.6 is 0 Å². The van der Waals surface area contributed by atoms with E-state index in [2.05, 4.69) is 54.6 Å². The third-order valence-electron chi connectivity index (χ3n) is 8.51. The van der Waals surface area contributed by atoms with Crippen molar-refractivity contribution in [2.45, 2.75) is 114 Å². The zero-order valence-corrected chi connectivity index (χ0v) is 23.3. The van der Waals surface area contributed by atoms with Gasteiger partial charge in [-0.2, -0.15) is 0 Å². The Bertz CT molecular complexity index is 917. The Kier molecular flexibility index (Phi) is 11.1. The largest absolute Gasteiger partial charge is 0.462 e. The number of hydrogen-bond donors (Lipinski definition) is 0. The van der Waals surface area contributed by atoms with E-state index in [1.165, 1.54) is 5.56 Å². The second-order valence-electron chi connectivity index (χ2n) is 11.5. The highest BCUT2D eigenvalue weighted by molar-refractivity contribution is 5.69. The molecular weight excluding hydrogens is 492 g/mol. The van der Waals surface area contributed by atoms with Crippen LogP contribution in [-0.4, -0.2) is 50.1 Å². The summed E-state index contributed by atoms with van der Waals surface area (Å²) in [5.74, 6) is 0.206. The standard InChI is InChI=1S/C33H46O6/c34-31-15-7-2-1-6-14-27-28(30(24-29(27)38-31)39-33-17-9-11-23-36-33)21-20-26(37-32-16-8-10-22-35-32)19-18-25-12-4-3-5-13-25/h1,3-6,12-13,20-21,26-30,32-33H,2,7-11,14-19,22-24H2/b6-1-,21-20+/t26?,27-,28-,29+,30-,32?,33?/m1/s1. The van der Waals surface area contributed by atoms with Crippen LogP contribution in [0.25, 0.3) is 0 Å². The van der Waals surface area contributed by atoms with Crippen molar-refractivity contribution < 1.29 is 28.5 Å². The highest BCUT2D eigenvalue weighted by atomic mass is 16.7. The van der Waals surface area contributed by atoms with Gasteiger partial charge in [-0.25, -0.2) is 0 Å². The van der Waals surface area contributed by atoms with Crippen LogP contribution in [0.1, 0.15) is 82.6 Å². The molecule has 0 amide bonds. The van der Waals surface area contributed by atoms with Crippen molar-refractivity contribution in [1.29, 1.82) is 0 Å². The molecule has 39 heavy (non-hydrogen) atoms. The van der Waals surface area contributed by atoms with E-state index >= 15 is 0 Å². The summed E-state index contributed by atoms with van der Waals surface area (Å²) >= 11 is 0. The SMILES string of the molecule is O=C1CCC/C=C\C[C@@H]2[C@@H](/C=C/C(CCc3ccccc3)OC3CCCCO3)[C@H](OC3CCCCO3)C[C@@H]2O1. The number of aryl methyl sites for hydroxylation is 1. The van der Waals surface area contributed by atoms with Gasteiger partial charge in [-0.05, 0) is 76.2 Å². The smallest absolute Gasteiger partial charge is 0.306 e. The van der Waals surface area contributed by atoms with Crippen LogP contribution in [0.5, 0.6) is 0 Å². The van der Waals surface area contributed by atoms with Crippen LogP contribution in [0.2, 0.25) is 0 Å². The quantitative estimate of drug-likeness (QED) is 0.258. The van der Waals surface area contributed by atoms with Crippen LogP contribution in [0.15, 0.2) is 54.6 Å². The molecule has 2 saturated heterocycles. The molecule has 3 aliphatic heterocycles. The number of hydrogen-bond acceptors (Lipinski definition) is 6. The number of fused-ring (bicyclic) bond motifs is 1. The molecule has 4 aliphatic rings. The molecule has 0 radical (unpaired) electrons. The van der Waals surface area contributed by atoms with Gasteiger partial charge >= 0.3 is 5.97 Å². The number of carbonyl (C=O) groups is 1. The van der Waals surface area contributed by atoms with Gasteiger partial charge in [0, 0.05) is 37.9 Å². The Morgan fingerprint density at radius 3 is 2.51 bits per heavy atom. The molecule has 3 fully saturated rings. The van der Waals surface area contributed by atoms with Gasteiger partial charge in [-0.1, -0.05) is 54.6 Å². The first-order valence-electron chi connectivity index (χ1n) is 15.4. The molecule has 0 bridgehead atoms. The van der Waals surface area contributed by atoms with Crippen molar-refractivity contribution in [2.75, 3.05) is 13.2 Å². The normalized spacial score (nSPS) is 33.8. The van der Waals surface area contributed by atoms with E-state index in [1.807, 2.05) is 0 Å². The second-order valence-corrected chi connectivity index (χ2v) is 11.5. The van der Waals surface area contributed by atoms with Gasteiger partial charge in [-0.15, -0.1) is 0 Å². The van der Waals surface area contributed by atoms with Crippen LogP contribution in [-0.2, 0) is 34.9 Å². The van der Waals surface area contributed by atoms with Crippen molar-refractivity contribution in [1.82, 2.24) is 0 Å². The molecule has 7 atom stereocenters. The maximum atomic E-state index is 12.6. The molecule has 0 spiro atoms. The molecule has 6 nitrogen and oxygen atoms in total. The summed E-state index contributed by atoms with van der Waals surface area (Å²) in [7, 11) is 0. The zero-order valence-electron chi connectivity index (χ0n) is 23.3. The number of carbonyl (C=O) groups excluding carboxylic acids is 1. The van der Waals surface area contributed by atoms with Gasteiger partial charge in [0.15, 0.2) is 12.6 Å². The molecule has 0 N–H and O–H groups in total. The van der Waals surface area contributed by atoms with Crippen LogP contribution in [0, 0.1) is 11.8 Å². The van der Waals surface area contributed by atoms with Crippen LogP contribution in [0.4, 0.5) is 0 Å². The Balaban J connectivity index is 1.34. The fourth-order valence-corrected chi connectivity index (χ4v) is 6.35. The lowest BCUT2D eigenvalue weighted by molar-refractivity contribution is -0.193. The average molecular weight is 539 g/mol. The van der Waals surface area contributed by atoms with Gasteiger partial charge < -0.3 is 23.7 Å². The molecule has 1 saturated carbocycles. The molecular formula is C33H46O6. The molecule has 3 unspecified atom stereocenters. The van der Waals surface area contributed by atoms with E-state index in [-0.39, 0.29) is 48.7 Å². The van der Waals surface area contributed by atoms with E-state index in [0.29, 0.717) is 12.8 Å². The number of ether oxygens (including phenoxy) is 5. The number of esters is 1. The van der Waals surface area contributed by atoms with Crippen LogP contribution in [0.3, 0.4) is 0 Å². The minimum absolute atomic E-state index is 0.0537. The first-order chi connectivity index (χ1) is 19.2. The third-order valence-corrected chi connectivity index (χ3v) is 8.51. The van der Waals surface area contributed by atoms with Crippen molar-refractivity contribution >= 4 is 5.97 Å². The average Bonchev–Trinajstić information content (AvgIpc) is 3.28. The summed E-state index contributed by atoms with van der Waals surface area (Å²) in [4.78, 5) is 12.6. The van der Waals surface area contributed by atoms with Crippen molar-refractivity contribution in [3.8, 4) is 0 Å². The fraction of sp³-hybridized carbons (Fsp3) is 0.667. The van der Waals surface area contributed by atoms with Gasteiger partial charge in [0.1, 0.15) is 6.10 Å². The van der Waals surface area contributed by atoms with Gasteiger partial charge in [0.2, 0.25) is 0 Å². The number of rotatable bonds is 9. The first-order valence-corrected chi connectivity index (χ1v) is 15.4. The predicted molar refractivity (Wildman–Crippen MR) is 150 cm³/mol. The highest BCUT2D eigenvalue weighted by Crippen LogP contribution is 2.41. The van der Waals surface area contributed by atoms with Crippen molar-refractivity contribution in [2.24, 2.45) is 11.8 Å². The minimum atomic E-state index is -0.179. The molecule has 3 heterocycles. The Hall–Kier alpha value is -1.99. The third kappa shape index (κ3) is 8.75. The van der Waals surface area contributed by atoms with Crippen molar-refractivity contribution in [3.05, 3.63) is 60.2 Å². The van der Waals surface area contributed by atoms with Gasteiger partial charge in [0.25, 0.3) is 0 Å². The highest BCUT2D eigenvalue weighted by Gasteiger charge is 2.45. The molecule has 5 rings (SSSR count). The lowest BCUT2D eigenvalue weighted by Gasteiger charge is -2.30. The molecule has 1 aliphatic carbocycles. The summed E-state index contributed by atoms with van der Waals surface area (Å²) < 4.78 is 31.1. The molecule has 1 aromatic carbocycles. The van der Waals surface area contributed by atoms with Crippen molar-refractivity contribution in [3.63, 3.8) is 0 Å². The first kappa shape index (κ1) is 28.5. The molecule has 0 aromatic heterocycles. The summed E-state index contributed by atoms with van der Waals surface area (Å²) in [5.41, 5.74) is 1.31. The maximum Gasteiger partial charge on any atom is 0.306 e. The van der Waals surface area contributed by atoms with E-state index in [4.69, 9.17) is 23.7 Å². The van der Waals surface area contributed by atoms with E-state index < -0.39 is 0 Å².